The van der Waals surface area contributed by atoms with Crippen molar-refractivity contribution in [3.05, 3.63) is 35.6 Å². The number of hydrogen-bond acceptors (Lipinski definition) is 3. The fraction of sp³-hybridized carbons (Fsp3) is 0.462. The van der Waals surface area contributed by atoms with E-state index in [2.05, 4.69) is 10.6 Å². The standard InChI is InChI=1S/C13H17FN2O2/c14-11-4-2-1-3-9(11)5-13(18)16-7-10-6-15-8-12(10)17/h1-4,10,12,15,17H,5-8H2,(H,16,18). The zero-order valence-corrected chi connectivity index (χ0v) is 10.0. The first-order valence-electron chi connectivity index (χ1n) is 6.05. The average molecular weight is 252 g/mol. The van der Waals surface area contributed by atoms with Crippen LogP contribution in [0.4, 0.5) is 4.39 Å². The summed E-state index contributed by atoms with van der Waals surface area (Å²) in [6.07, 6.45) is -0.387. The second kappa shape index (κ2) is 5.93. The van der Waals surface area contributed by atoms with Crippen LogP contribution in [-0.2, 0) is 11.2 Å². The van der Waals surface area contributed by atoms with Gasteiger partial charge >= 0.3 is 0 Å². The summed E-state index contributed by atoms with van der Waals surface area (Å²) in [5.74, 6) is -0.552. The van der Waals surface area contributed by atoms with Crippen molar-refractivity contribution in [3.8, 4) is 0 Å². The zero-order chi connectivity index (χ0) is 13.0. The minimum Gasteiger partial charge on any atom is -0.391 e. The molecule has 0 aliphatic carbocycles. The van der Waals surface area contributed by atoms with Crippen molar-refractivity contribution < 1.29 is 14.3 Å². The van der Waals surface area contributed by atoms with Crippen LogP contribution >= 0.6 is 0 Å². The Morgan fingerprint density at radius 3 is 2.89 bits per heavy atom. The highest BCUT2D eigenvalue weighted by atomic mass is 19.1. The van der Waals surface area contributed by atoms with E-state index in [9.17, 15) is 14.3 Å². The number of hydrogen-bond donors (Lipinski definition) is 3. The molecule has 18 heavy (non-hydrogen) atoms. The van der Waals surface area contributed by atoms with Gasteiger partial charge in [-0.25, -0.2) is 4.39 Å². The van der Waals surface area contributed by atoms with Crippen LogP contribution in [0.2, 0.25) is 0 Å². The minimum atomic E-state index is -0.418. The maximum atomic E-state index is 13.3. The van der Waals surface area contributed by atoms with Gasteiger partial charge in [-0.05, 0) is 11.6 Å². The number of nitrogens with one attached hydrogen (secondary N) is 2. The summed E-state index contributed by atoms with van der Waals surface area (Å²) < 4.78 is 13.3. The molecule has 0 radical (unpaired) electrons. The van der Waals surface area contributed by atoms with Crippen molar-refractivity contribution >= 4 is 5.91 Å². The molecular formula is C13H17FN2O2. The average Bonchev–Trinajstić information content (AvgIpc) is 2.75. The Labute approximate surface area is 105 Å². The van der Waals surface area contributed by atoms with Crippen LogP contribution in [0.15, 0.2) is 24.3 Å². The van der Waals surface area contributed by atoms with Crippen molar-refractivity contribution in [2.45, 2.75) is 12.5 Å². The summed E-state index contributed by atoms with van der Waals surface area (Å²) in [5.41, 5.74) is 0.389. The molecule has 2 unspecified atom stereocenters. The molecule has 2 rings (SSSR count). The lowest BCUT2D eigenvalue weighted by atomic mass is 10.1. The number of amides is 1. The van der Waals surface area contributed by atoms with E-state index in [0.717, 1.165) is 0 Å². The Bertz CT molecular complexity index is 425. The third-order valence-corrected chi connectivity index (χ3v) is 3.17. The molecule has 1 aliphatic rings. The molecule has 4 nitrogen and oxygen atoms in total. The van der Waals surface area contributed by atoms with E-state index in [1.807, 2.05) is 0 Å². The topological polar surface area (TPSA) is 61.4 Å². The summed E-state index contributed by atoms with van der Waals surface area (Å²) in [7, 11) is 0. The first kappa shape index (κ1) is 13.0. The monoisotopic (exact) mass is 252 g/mol. The van der Waals surface area contributed by atoms with Gasteiger partial charge in [-0.3, -0.25) is 4.79 Å². The number of aliphatic hydroxyl groups is 1. The predicted molar refractivity (Wildman–Crippen MR) is 65.5 cm³/mol. The first-order chi connectivity index (χ1) is 8.66. The molecule has 1 aliphatic heterocycles. The smallest absolute Gasteiger partial charge is 0.224 e. The minimum absolute atomic E-state index is 0.0307. The largest absolute Gasteiger partial charge is 0.391 e. The van der Waals surface area contributed by atoms with E-state index in [4.69, 9.17) is 0 Å². The molecule has 1 heterocycles. The number of carbonyl (C=O) groups excluding carboxylic acids is 1. The van der Waals surface area contributed by atoms with Gasteiger partial charge in [0.05, 0.1) is 12.5 Å². The molecule has 1 amide bonds. The molecule has 0 aromatic heterocycles. The van der Waals surface area contributed by atoms with Crippen LogP contribution in [0.25, 0.3) is 0 Å². The Morgan fingerprint density at radius 2 is 2.22 bits per heavy atom. The Balaban J connectivity index is 1.80. The summed E-state index contributed by atoms with van der Waals surface area (Å²) >= 11 is 0. The number of benzene rings is 1. The van der Waals surface area contributed by atoms with Crippen LogP contribution in [0, 0.1) is 11.7 Å². The number of rotatable bonds is 4. The van der Waals surface area contributed by atoms with E-state index < -0.39 is 6.10 Å². The zero-order valence-electron chi connectivity index (χ0n) is 10.0. The van der Waals surface area contributed by atoms with Crippen molar-refractivity contribution in [1.29, 1.82) is 0 Å². The number of carbonyl (C=O) groups is 1. The van der Waals surface area contributed by atoms with E-state index in [1.165, 1.54) is 6.07 Å². The van der Waals surface area contributed by atoms with Crippen molar-refractivity contribution in [2.24, 2.45) is 5.92 Å². The molecule has 1 aromatic carbocycles. The van der Waals surface area contributed by atoms with Crippen LogP contribution in [0.1, 0.15) is 5.56 Å². The molecule has 0 spiro atoms. The first-order valence-corrected chi connectivity index (χ1v) is 6.05. The Hall–Kier alpha value is -1.46. The lowest BCUT2D eigenvalue weighted by Gasteiger charge is -2.14. The number of aliphatic hydroxyl groups excluding tert-OH is 1. The molecule has 2 atom stereocenters. The molecule has 1 fully saturated rings. The van der Waals surface area contributed by atoms with Crippen LogP contribution in [0.3, 0.4) is 0 Å². The maximum Gasteiger partial charge on any atom is 0.224 e. The quantitative estimate of drug-likeness (QED) is 0.710. The fourth-order valence-electron chi connectivity index (χ4n) is 2.05. The van der Waals surface area contributed by atoms with Crippen LogP contribution in [-0.4, -0.2) is 36.8 Å². The maximum absolute atomic E-state index is 13.3. The van der Waals surface area contributed by atoms with E-state index >= 15 is 0 Å². The van der Waals surface area contributed by atoms with Gasteiger partial charge in [0.2, 0.25) is 5.91 Å². The summed E-state index contributed by atoms with van der Waals surface area (Å²) in [6, 6.07) is 6.24. The molecule has 0 bridgehead atoms. The fourth-order valence-corrected chi connectivity index (χ4v) is 2.05. The summed E-state index contributed by atoms with van der Waals surface area (Å²) in [6.45, 7) is 1.68. The van der Waals surface area contributed by atoms with E-state index in [-0.39, 0.29) is 24.1 Å². The highest BCUT2D eigenvalue weighted by Crippen LogP contribution is 2.09. The molecule has 98 valence electrons. The predicted octanol–water partition coefficient (Wildman–Crippen LogP) is 0.0647. The van der Waals surface area contributed by atoms with Gasteiger partial charge in [0.15, 0.2) is 0 Å². The van der Waals surface area contributed by atoms with Gasteiger partial charge in [0, 0.05) is 25.6 Å². The van der Waals surface area contributed by atoms with Gasteiger partial charge in [0.25, 0.3) is 0 Å². The number of halogens is 1. The molecular weight excluding hydrogens is 235 g/mol. The summed E-state index contributed by atoms with van der Waals surface area (Å²) in [4.78, 5) is 11.6. The highest BCUT2D eigenvalue weighted by molar-refractivity contribution is 5.78. The molecule has 3 N–H and O–H groups in total. The van der Waals surface area contributed by atoms with Crippen LogP contribution in [0.5, 0.6) is 0 Å². The Morgan fingerprint density at radius 1 is 1.44 bits per heavy atom. The van der Waals surface area contributed by atoms with E-state index in [1.54, 1.807) is 18.2 Å². The molecule has 0 saturated carbocycles. The Kier molecular flexibility index (Phi) is 4.28. The molecule has 1 aromatic rings. The van der Waals surface area contributed by atoms with Gasteiger partial charge in [-0.15, -0.1) is 0 Å². The van der Waals surface area contributed by atoms with Crippen LogP contribution < -0.4 is 10.6 Å². The van der Waals surface area contributed by atoms with Gasteiger partial charge in [-0.1, -0.05) is 18.2 Å². The molecule has 5 heteroatoms. The lowest BCUT2D eigenvalue weighted by molar-refractivity contribution is -0.120. The van der Waals surface area contributed by atoms with Gasteiger partial charge in [0.1, 0.15) is 5.82 Å². The molecule has 1 saturated heterocycles. The third-order valence-electron chi connectivity index (χ3n) is 3.17. The second-order valence-corrected chi connectivity index (χ2v) is 4.56. The summed E-state index contributed by atoms with van der Waals surface area (Å²) in [5, 5.41) is 15.3. The second-order valence-electron chi connectivity index (χ2n) is 4.56. The normalized spacial score (nSPS) is 23.0. The van der Waals surface area contributed by atoms with Gasteiger partial charge in [-0.2, -0.15) is 0 Å². The van der Waals surface area contributed by atoms with E-state index in [0.29, 0.717) is 25.2 Å². The van der Waals surface area contributed by atoms with Crippen molar-refractivity contribution in [1.82, 2.24) is 10.6 Å². The number of β-amino-alcohol motifs (C(OH)–C–C–N with tert-alkyl or cyclic N) is 1. The SMILES string of the molecule is O=C(Cc1ccccc1F)NCC1CNCC1O. The van der Waals surface area contributed by atoms with Crippen molar-refractivity contribution in [2.75, 3.05) is 19.6 Å². The third kappa shape index (κ3) is 3.27. The lowest BCUT2D eigenvalue weighted by Crippen LogP contribution is -2.35. The highest BCUT2D eigenvalue weighted by Gasteiger charge is 2.24. The van der Waals surface area contributed by atoms with Crippen molar-refractivity contribution in [3.63, 3.8) is 0 Å². The van der Waals surface area contributed by atoms with Gasteiger partial charge < -0.3 is 15.7 Å².